The zero-order valence-corrected chi connectivity index (χ0v) is 16.4. The standard InChI is InChI=1S/C21H16ClFN4O2/c1-12-8-18-19(11-17(12)24-21(28)13-4-3-5-14(23)9-13)26-27(25-18)15-6-7-20(29-2)16(22)10-15/h3-11H,1-2H3,(H,24,28). The van der Waals surface area contributed by atoms with Crippen LogP contribution in [0.3, 0.4) is 0 Å². The smallest absolute Gasteiger partial charge is 0.255 e. The lowest BCUT2D eigenvalue weighted by Crippen LogP contribution is -2.12. The molecule has 0 aliphatic rings. The van der Waals surface area contributed by atoms with Gasteiger partial charge in [-0.05, 0) is 61.0 Å². The van der Waals surface area contributed by atoms with Crippen LogP contribution < -0.4 is 10.1 Å². The highest BCUT2D eigenvalue weighted by atomic mass is 35.5. The van der Waals surface area contributed by atoms with Crippen molar-refractivity contribution in [2.24, 2.45) is 0 Å². The molecule has 0 atom stereocenters. The van der Waals surface area contributed by atoms with Gasteiger partial charge in [-0.1, -0.05) is 17.7 Å². The summed E-state index contributed by atoms with van der Waals surface area (Å²) in [5, 5.41) is 12.2. The van der Waals surface area contributed by atoms with Gasteiger partial charge in [0.05, 0.1) is 17.8 Å². The average molecular weight is 411 g/mol. The Kier molecular flexibility index (Phi) is 4.90. The van der Waals surface area contributed by atoms with Crippen molar-refractivity contribution >= 4 is 34.2 Å². The van der Waals surface area contributed by atoms with Crippen molar-refractivity contribution in [3.8, 4) is 11.4 Å². The number of anilines is 1. The van der Waals surface area contributed by atoms with Gasteiger partial charge in [0.1, 0.15) is 22.6 Å². The summed E-state index contributed by atoms with van der Waals surface area (Å²) < 4.78 is 18.5. The van der Waals surface area contributed by atoms with E-state index in [1.165, 1.54) is 23.0 Å². The summed E-state index contributed by atoms with van der Waals surface area (Å²) in [7, 11) is 1.55. The normalized spacial score (nSPS) is 10.9. The molecule has 4 aromatic rings. The van der Waals surface area contributed by atoms with E-state index in [9.17, 15) is 9.18 Å². The monoisotopic (exact) mass is 410 g/mol. The maximum Gasteiger partial charge on any atom is 0.255 e. The lowest BCUT2D eigenvalue weighted by atomic mass is 10.1. The van der Waals surface area contributed by atoms with Gasteiger partial charge in [-0.15, -0.1) is 10.2 Å². The van der Waals surface area contributed by atoms with Gasteiger partial charge in [-0.2, -0.15) is 4.80 Å². The second kappa shape index (κ2) is 7.52. The molecule has 0 saturated heterocycles. The largest absolute Gasteiger partial charge is 0.495 e. The van der Waals surface area contributed by atoms with E-state index in [0.29, 0.717) is 33.2 Å². The molecule has 0 unspecified atom stereocenters. The number of carbonyl (C=O) groups excluding carboxylic acids is 1. The minimum Gasteiger partial charge on any atom is -0.495 e. The second-order valence-corrected chi connectivity index (χ2v) is 6.84. The third kappa shape index (κ3) is 3.77. The number of halogens is 2. The van der Waals surface area contributed by atoms with Gasteiger partial charge < -0.3 is 10.1 Å². The second-order valence-electron chi connectivity index (χ2n) is 6.43. The molecule has 6 nitrogen and oxygen atoms in total. The first-order valence-corrected chi connectivity index (χ1v) is 9.11. The molecule has 0 aliphatic heterocycles. The molecule has 1 N–H and O–H groups in total. The SMILES string of the molecule is COc1ccc(-n2nc3cc(C)c(NC(=O)c4cccc(F)c4)cc3n2)cc1Cl. The number of hydrogen-bond donors (Lipinski definition) is 1. The van der Waals surface area contributed by atoms with Gasteiger partial charge in [-0.3, -0.25) is 4.79 Å². The van der Waals surface area contributed by atoms with E-state index in [0.717, 1.165) is 5.56 Å². The highest BCUT2D eigenvalue weighted by Gasteiger charge is 2.13. The molecule has 4 rings (SSSR count). The van der Waals surface area contributed by atoms with E-state index >= 15 is 0 Å². The van der Waals surface area contributed by atoms with Gasteiger partial charge in [0.2, 0.25) is 0 Å². The Labute approximate surface area is 170 Å². The van der Waals surface area contributed by atoms with Crippen LogP contribution in [0.25, 0.3) is 16.7 Å². The summed E-state index contributed by atoms with van der Waals surface area (Å²) in [5.74, 6) is -0.308. The van der Waals surface area contributed by atoms with Crippen LogP contribution >= 0.6 is 11.6 Å². The fraction of sp³-hybridized carbons (Fsp3) is 0.0952. The Morgan fingerprint density at radius 3 is 2.55 bits per heavy atom. The molecule has 1 amide bonds. The Morgan fingerprint density at radius 1 is 1.10 bits per heavy atom. The zero-order chi connectivity index (χ0) is 20.5. The molecule has 0 radical (unpaired) electrons. The Bertz CT molecular complexity index is 1240. The molecule has 0 fully saturated rings. The van der Waals surface area contributed by atoms with Crippen LogP contribution in [0.2, 0.25) is 5.02 Å². The van der Waals surface area contributed by atoms with Gasteiger partial charge in [-0.25, -0.2) is 4.39 Å². The van der Waals surface area contributed by atoms with Crippen LogP contribution in [0.1, 0.15) is 15.9 Å². The molecule has 146 valence electrons. The minimum absolute atomic E-state index is 0.237. The summed E-state index contributed by atoms with van der Waals surface area (Å²) in [5.41, 5.74) is 3.56. The molecule has 0 aliphatic carbocycles. The number of nitrogens with one attached hydrogen (secondary N) is 1. The van der Waals surface area contributed by atoms with Crippen LogP contribution in [0, 0.1) is 12.7 Å². The number of ether oxygens (including phenoxy) is 1. The van der Waals surface area contributed by atoms with Gasteiger partial charge in [0.15, 0.2) is 0 Å². The number of fused-ring (bicyclic) bond motifs is 1. The third-order valence-electron chi connectivity index (χ3n) is 4.43. The number of aryl methyl sites for hydroxylation is 1. The third-order valence-corrected chi connectivity index (χ3v) is 4.72. The van der Waals surface area contributed by atoms with Crippen LogP contribution in [0.15, 0.2) is 54.6 Å². The predicted octanol–water partition coefficient (Wildman–Crippen LogP) is 4.78. The number of amides is 1. The van der Waals surface area contributed by atoms with Crippen molar-refractivity contribution in [2.75, 3.05) is 12.4 Å². The Morgan fingerprint density at radius 2 is 1.86 bits per heavy atom. The highest BCUT2D eigenvalue weighted by Crippen LogP contribution is 2.27. The lowest BCUT2D eigenvalue weighted by molar-refractivity contribution is 0.102. The summed E-state index contributed by atoms with van der Waals surface area (Å²) >= 11 is 6.19. The topological polar surface area (TPSA) is 69.0 Å². The van der Waals surface area contributed by atoms with E-state index in [-0.39, 0.29) is 5.56 Å². The summed E-state index contributed by atoms with van der Waals surface area (Å²) in [6.07, 6.45) is 0. The molecule has 0 saturated carbocycles. The summed E-state index contributed by atoms with van der Waals surface area (Å²) in [6.45, 7) is 1.85. The van der Waals surface area contributed by atoms with Gasteiger partial charge in [0, 0.05) is 11.3 Å². The van der Waals surface area contributed by atoms with E-state index < -0.39 is 11.7 Å². The summed E-state index contributed by atoms with van der Waals surface area (Å²) in [6, 6.07) is 14.3. The number of rotatable bonds is 4. The molecular weight excluding hydrogens is 395 g/mol. The first-order chi connectivity index (χ1) is 13.9. The van der Waals surface area contributed by atoms with Crippen LogP contribution in [0.4, 0.5) is 10.1 Å². The molecule has 8 heteroatoms. The van der Waals surface area contributed by atoms with Crippen molar-refractivity contribution in [2.45, 2.75) is 6.92 Å². The van der Waals surface area contributed by atoms with Crippen molar-refractivity contribution in [3.05, 3.63) is 76.6 Å². The lowest BCUT2D eigenvalue weighted by Gasteiger charge is -2.08. The fourth-order valence-corrected chi connectivity index (χ4v) is 3.17. The highest BCUT2D eigenvalue weighted by molar-refractivity contribution is 6.32. The Balaban J connectivity index is 1.66. The number of hydrogen-bond acceptors (Lipinski definition) is 4. The molecule has 1 aromatic heterocycles. The number of benzene rings is 3. The zero-order valence-electron chi connectivity index (χ0n) is 15.6. The molecule has 0 spiro atoms. The molecule has 0 bridgehead atoms. The predicted molar refractivity (Wildman–Crippen MR) is 110 cm³/mol. The van der Waals surface area contributed by atoms with E-state index in [1.54, 1.807) is 37.4 Å². The first-order valence-electron chi connectivity index (χ1n) is 8.73. The van der Waals surface area contributed by atoms with E-state index in [4.69, 9.17) is 16.3 Å². The van der Waals surface area contributed by atoms with Crippen LogP contribution in [-0.2, 0) is 0 Å². The average Bonchev–Trinajstić information content (AvgIpc) is 3.10. The first kappa shape index (κ1) is 18.9. The number of aromatic nitrogens is 3. The number of carbonyl (C=O) groups is 1. The van der Waals surface area contributed by atoms with Crippen molar-refractivity contribution in [1.82, 2.24) is 15.0 Å². The number of nitrogens with zero attached hydrogens (tertiary/aromatic N) is 3. The van der Waals surface area contributed by atoms with Crippen molar-refractivity contribution < 1.29 is 13.9 Å². The molecule has 3 aromatic carbocycles. The Hall–Kier alpha value is -3.45. The van der Waals surface area contributed by atoms with Gasteiger partial charge >= 0.3 is 0 Å². The minimum atomic E-state index is -0.467. The quantitative estimate of drug-likeness (QED) is 0.525. The van der Waals surface area contributed by atoms with E-state index in [2.05, 4.69) is 15.5 Å². The van der Waals surface area contributed by atoms with E-state index in [1.807, 2.05) is 13.0 Å². The molecule has 29 heavy (non-hydrogen) atoms. The molecule has 1 heterocycles. The number of methoxy groups -OCH3 is 1. The maximum absolute atomic E-state index is 13.4. The van der Waals surface area contributed by atoms with Crippen LogP contribution in [-0.4, -0.2) is 28.0 Å². The maximum atomic E-state index is 13.4. The van der Waals surface area contributed by atoms with Gasteiger partial charge in [0.25, 0.3) is 5.91 Å². The van der Waals surface area contributed by atoms with Crippen LogP contribution in [0.5, 0.6) is 5.75 Å². The fourth-order valence-electron chi connectivity index (χ4n) is 2.92. The molecular formula is C21H16ClFN4O2. The van der Waals surface area contributed by atoms with Crippen molar-refractivity contribution in [3.63, 3.8) is 0 Å². The summed E-state index contributed by atoms with van der Waals surface area (Å²) in [4.78, 5) is 13.9. The van der Waals surface area contributed by atoms with Crippen molar-refractivity contribution in [1.29, 1.82) is 0 Å².